The summed E-state index contributed by atoms with van der Waals surface area (Å²) in [4.78, 5) is 28.9. The van der Waals surface area contributed by atoms with Gasteiger partial charge in [0.15, 0.2) is 0 Å². The highest BCUT2D eigenvalue weighted by atomic mass is 35.5. The van der Waals surface area contributed by atoms with Crippen LogP contribution in [0.15, 0.2) is 48.5 Å². The van der Waals surface area contributed by atoms with E-state index in [0.717, 1.165) is 57.4 Å². The summed E-state index contributed by atoms with van der Waals surface area (Å²) < 4.78 is 5.16. The first-order chi connectivity index (χ1) is 17.4. The highest BCUT2D eigenvalue weighted by Crippen LogP contribution is 2.27. The van der Waals surface area contributed by atoms with Crippen molar-refractivity contribution in [1.29, 1.82) is 0 Å². The quantitative estimate of drug-likeness (QED) is 0.311. The minimum Gasteiger partial charge on any atom is -0.495 e. The molecule has 0 unspecified atom stereocenters. The summed E-state index contributed by atoms with van der Waals surface area (Å²) in [6.45, 7) is 4.89. The van der Waals surface area contributed by atoms with Gasteiger partial charge >= 0.3 is 6.03 Å². The standard InChI is InChI=1S/C27H34Cl2N4O3/c1-36-25-12-11-23(20-24(25)29)31-27(35)33-17-5-16-32(18-19-33)15-4-2-3-14-30-26(34)13-8-21-6-9-22(28)10-7-21/h6-13,20H,2-5,14-19H2,1H3,(H,30,34)(H,31,35)/b13-8+. The summed E-state index contributed by atoms with van der Waals surface area (Å²) in [7, 11) is 1.56. The third kappa shape index (κ3) is 9.37. The van der Waals surface area contributed by atoms with Crippen LogP contribution < -0.4 is 15.4 Å². The van der Waals surface area contributed by atoms with Crippen LogP contribution in [0.1, 0.15) is 31.2 Å². The molecule has 1 saturated heterocycles. The summed E-state index contributed by atoms with van der Waals surface area (Å²) >= 11 is 12.0. The van der Waals surface area contributed by atoms with Gasteiger partial charge in [0, 0.05) is 43.0 Å². The molecule has 2 N–H and O–H groups in total. The molecular formula is C27H34Cl2N4O3. The maximum Gasteiger partial charge on any atom is 0.321 e. The molecule has 9 heteroatoms. The molecule has 0 aliphatic carbocycles. The number of methoxy groups -OCH3 is 1. The fourth-order valence-corrected chi connectivity index (χ4v) is 4.38. The molecule has 2 aromatic carbocycles. The second-order valence-electron chi connectivity index (χ2n) is 8.70. The molecule has 0 saturated carbocycles. The predicted molar refractivity (Wildman–Crippen MR) is 147 cm³/mol. The summed E-state index contributed by atoms with van der Waals surface area (Å²) in [5, 5.41) is 7.00. The average molecular weight is 534 g/mol. The number of hydrogen-bond donors (Lipinski definition) is 2. The molecule has 194 valence electrons. The Kier molecular flexibility index (Phi) is 11.4. The topological polar surface area (TPSA) is 73.9 Å². The molecule has 0 spiro atoms. The SMILES string of the molecule is COc1ccc(NC(=O)N2CCCN(CCCCCNC(=O)/C=C/c3ccc(Cl)cc3)CC2)cc1Cl. The zero-order valence-corrected chi connectivity index (χ0v) is 22.2. The number of amides is 3. The molecule has 1 aliphatic heterocycles. The number of anilines is 1. The molecule has 3 amide bonds. The first-order valence-electron chi connectivity index (χ1n) is 12.3. The van der Waals surface area contributed by atoms with E-state index >= 15 is 0 Å². The van der Waals surface area contributed by atoms with E-state index < -0.39 is 0 Å². The minimum atomic E-state index is -0.112. The maximum atomic E-state index is 12.7. The van der Waals surface area contributed by atoms with Gasteiger partial charge in [-0.25, -0.2) is 4.79 Å². The zero-order valence-electron chi connectivity index (χ0n) is 20.6. The Bertz CT molecular complexity index is 1030. The molecule has 36 heavy (non-hydrogen) atoms. The van der Waals surface area contributed by atoms with Gasteiger partial charge in [0.2, 0.25) is 5.91 Å². The van der Waals surface area contributed by atoms with Gasteiger partial charge < -0.3 is 25.2 Å². The molecular weight excluding hydrogens is 499 g/mol. The number of hydrogen-bond acceptors (Lipinski definition) is 4. The van der Waals surface area contributed by atoms with Crippen LogP contribution >= 0.6 is 23.2 Å². The average Bonchev–Trinajstić information content (AvgIpc) is 3.12. The molecule has 1 heterocycles. The maximum absolute atomic E-state index is 12.7. The molecule has 0 radical (unpaired) electrons. The smallest absolute Gasteiger partial charge is 0.321 e. The Morgan fingerprint density at radius 2 is 1.81 bits per heavy atom. The van der Waals surface area contributed by atoms with Crippen LogP contribution in [0.3, 0.4) is 0 Å². The van der Waals surface area contributed by atoms with E-state index in [0.29, 0.717) is 34.6 Å². The Hall–Kier alpha value is -2.74. The minimum absolute atomic E-state index is 0.0900. The number of halogens is 2. The number of rotatable bonds is 10. The summed E-state index contributed by atoms with van der Waals surface area (Å²) in [6.07, 6.45) is 7.31. The van der Waals surface area contributed by atoms with Gasteiger partial charge in [-0.3, -0.25) is 4.79 Å². The number of nitrogens with zero attached hydrogens (tertiary/aromatic N) is 2. The molecule has 0 bridgehead atoms. The Morgan fingerprint density at radius 1 is 1.00 bits per heavy atom. The van der Waals surface area contributed by atoms with Crippen LogP contribution in [0.4, 0.5) is 10.5 Å². The van der Waals surface area contributed by atoms with Gasteiger partial charge in [0.05, 0.1) is 12.1 Å². The fourth-order valence-electron chi connectivity index (χ4n) is 4.00. The number of nitrogens with one attached hydrogen (secondary N) is 2. The number of urea groups is 1. The highest BCUT2D eigenvalue weighted by molar-refractivity contribution is 6.32. The number of carbonyl (C=O) groups excluding carboxylic acids is 2. The van der Waals surface area contributed by atoms with E-state index in [1.165, 1.54) is 0 Å². The predicted octanol–water partition coefficient (Wildman–Crippen LogP) is 5.54. The van der Waals surface area contributed by atoms with Crippen LogP contribution in [0.25, 0.3) is 6.08 Å². The van der Waals surface area contributed by atoms with E-state index in [-0.39, 0.29) is 11.9 Å². The second kappa shape index (κ2) is 14.7. The van der Waals surface area contributed by atoms with Gasteiger partial charge in [-0.15, -0.1) is 0 Å². The van der Waals surface area contributed by atoms with E-state index in [4.69, 9.17) is 27.9 Å². The first kappa shape index (κ1) is 27.8. The van der Waals surface area contributed by atoms with Crippen LogP contribution in [0.5, 0.6) is 5.75 Å². The second-order valence-corrected chi connectivity index (χ2v) is 9.54. The first-order valence-corrected chi connectivity index (χ1v) is 13.0. The Morgan fingerprint density at radius 3 is 2.56 bits per heavy atom. The summed E-state index contributed by atoms with van der Waals surface area (Å²) in [5.41, 5.74) is 1.59. The monoisotopic (exact) mass is 532 g/mol. The largest absolute Gasteiger partial charge is 0.495 e. The lowest BCUT2D eigenvalue weighted by atomic mass is 10.2. The van der Waals surface area contributed by atoms with E-state index in [1.807, 2.05) is 17.0 Å². The van der Waals surface area contributed by atoms with Crippen molar-refractivity contribution in [3.63, 3.8) is 0 Å². The molecule has 3 rings (SSSR count). The number of unbranched alkanes of at least 4 members (excludes halogenated alkanes) is 2. The van der Waals surface area contributed by atoms with Crippen LogP contribution in [0.2, 0.25) is 10.0 Å². The van der Waals surface area contributed by atoms with E-state index in [1.54, 1.807) is 49.6 Å². The summed E-state index contributed by atoms with van der Waals surface area (Å²) in [6, 6.07) is 12.5. The van der Waals surface area contributed by atoms with Gasteiger partial charge in [-0.05, 0) is 74.3 Å². The van der Waals surface area contributed by atoms with E-state index in [2.05, 4.69) is 15.5 Å². The lowest BCUT2D eigenvalue weighted by molar-refractivity contribution is -0.116. The Balaban J connectivity index is 1.28. The lowest BCUT2D eigenvalue weighted by Crippen LogP contribution is -2.38. The van der Waals surface area contributed by atoms with Crippen LogP contribution in [0, 0.1) is 0 Å². The third-order valence-electron chi connectivity index (χ3n) is 6.03. The van der Waals surface area contributed by atoms with Gasteiger partial charge in [-0.1, -0.05) is 41.8 Å². The lowest BCUT2D eigenvalue weighted by Gasteiger charge is -2.22. The fraction of sp³-hybridized carbons (Fsp3) is 0.407. The number of carbonyl (C=O) groups is 2. The Labute approximate surface area is 223 Å². The third-order valence-corrected chi connectivity index (χ3v) is 6.57. The normalized spacial score (nSPS) is 14.5. The van der Waals surface area contributed by atoms with Crippen molar-refractivity contribution in [2.24, 2.45) is 0 Å². The molecule has 0 aromatic heterocycles. The zero-order chi connectivity index (χ0) is 25.8. The van der Waals surface area contributed by atoms with Crippen molar-refractivity contribution in [2.75, 3.05) is 51.7 Å². The van der Waals surface area contributed by atoms with Crippen molar-refractivity contribution in [3.05, 3.63) is 64.1 Å². The van der Waals surface area contributed by atoms with E-state index in [9.17, 15) is 9.59 Å². The van der Waals surface area contributed by atoms with Crippen molar-refractivity contribution in [2.45, 2.75) is 25.7 Å². The molecule has 1 fully saturated rings. The number of ether oxygens (including phenoxy) is 1. The van der Waals surface area contributed by atoms with Gasteiger partial charge in [0.1, 0.15) is 5.75 Å². The van der Waals surface area contributed by atoms with Crippen molar-refractivity contribution in [1.82, 2.24) is 15.1 Å². The van der Waals surface area contributed by atoms with Crippen LogP contribution in [-0.2, 0) is 4.79 Å². The van der Waals surface area contributed by atoms with Crippen molar-refractivity contribution in [3.8, 4) is 5.75 Å². The molecule has 2 aromatic rings. The highest BCUT2D eigenvalue weighted by Gasteiger charge is 2.19. The van der Waals surface area contributed by atoms with Crippen molar-refractivity contribution >= 4 is 46.9 Å². The molecule has 0 atom stereocenters. The van der Waals surface area contributed by atoms with Gasteiger partial charge in [0.25, 0.3) is 0 Å². The molecule has 1 aliphatic rings. The van der Waals surface area contributed by atoms with Crippen molar-refractivity contribution < 1.29 is 14.3 Å². The van der Waals surface area contributed by atoms with Gasteiger partial charge in [-0.2, -0.15) is 0 Å². The molecule has 7 nitrogen and oxygen atoms in total. The summed E-state index contributed by atoms with van der Waals surface area (Å²) in [5.74, 6) is 0.487. The van der Waals surface area contributed by atoms with Crippen LogP contribution in [-0.4, -0.2) is 68.1 Å². The number of benzene rings is 2.